The molecule has 1 aliphatic heterocycles. The van der Waals surface area contributed by atoms with Crippen LogP contribution in [-0.4, -0.2) is 42.5 Å². The van der Waals surface area contributed by atoms with Crippen LogP contribution in [0, 0.1) is 0 Å². The van der Waals surface area contributed by atoms with Crippen molar-refractivity contribution in [1.82, 2.24) is 4.90 Å². The van der Waals surface area contributed by atoms with E-state index < -0.39 is 0 Å². The lowest BCUT2D eigenvalue weighted by Gasteiger charge is -2.20. The molecule has 1 heterocycles. The van der Waals surface area contributed by atoms with Gasteiger partial charge in [-0.15, -0.1) is 0 Å². The van der Waals surface area contributed by atoms with E-state index in [0.29, 0.717) is 17.0 Å². The number of hydrogen-bond acceptors (Lipinski definition) is 4. The highest BCUT2D eigenvalue weighted by molar-refractivity contribution is 7.99. The summed E-state index contributed by atoms with van der Waals surface area (Å²) >= 11 is 1.90. The Morgan fingerprint density at radius 1 is 1.39 bits per heavy atom. The van der Waals surface area contributed by atoms with Crippen LogP contribution < -0.4 is 10.5 Å². The van der Waals surface area contributed by atoms with E-state index in [-0.39, 0.29) is 5.91 Å². The second-order valence-electron chi connectivity index (χ2n) is 4.21. The predicted octanol–water partition coefficient (Wildman–Crippen LogP) is 1.86. The Bertz CT molecular complexity index is 429. The smallest absolute Gasteiger partial charge is 0.253 e. The number of anilines is 1. The molecule has 1 fully saturated rings. The van der Waals surface area contributed by atoms with Crippen molar-refractivity contribution in [3.8, 4) is 5.75 Å². The summed E-state index contributed by atoms with van der Waals surface area (Å²) in [5, 5.41) is 0. The standard InChI is InChI=1S/C13H18N2O2S/c1-17-12-4-3-10(9-11(12)14)13(16)15-5-2-7-18-8-6-15/h3-4,9H,2,5-8,14H2,1H3. The number of nitrogens with zero attached hydrogens (tertiary/aromatic N) is 1. The van der Waals surface area contributed by atoms with Gasteiger partial charge in [-0.2, -0.15) is 11.8 Å². The van der Waals surface area contributed by atoms with Gasteiger partial charge in [-0.3, -0.25) is 4.79 Å². The van der Waals surface area contributed by atoms with Gasteiger partial charge in [0.05, 0.1) is 12.8 Å². The normalized spacial score (nSPS) is 16.2. The summed E-state index contributed by atoms with van der Waals surface area (Å²) in [6.07, 6.45) is 1.06. The zero-order valence-electron chi connectivity index (χ0n) is 10.5. The lowest BCUT2D eigenvalue weighted by atomic mass is 10.1. The van der Waals surface area contributed by atoms with E-state index in [1.807, 2.05) is 16.7 Å². The monoisotopic (exact) mass is 266 g/mol. The molecule has 0 aliphatic carbocycles. The second kappa shape index (κ2) is 6.00. The molecule has 1 saturated heterocycles. The molecule has 0 aromatic heterocycles. The average Bonchev–Trinajstić information content (AvgIpc) is 2.66. The molecule has 4 nitrogen and oxygen atoms in total. The van der Waals surface area contributed by atoms with Gasteiger partial charge in [-0.25, -0.2) is 0 Å². The van der Waals surface area contributed by atoms with Crippen LogP contribution in [0.15, 0.2) is 18.2 Å². The van der Waals surface area contributed by atoms with E-state index in [4.69, 9.17) is 10.5 Å². The Balaban J connectivity index is 2.14. The van der Waals surface area contributed by atoms with Gasteiger partial charge in [0.2, 0.25) is 0 Å². The lowest BCUT2D eigenvalue weighted by molar-refractivity contribution is 0.0768. The SMILES string of the molecule is COc1ccc(C(=O)N2CCCSCC2)cc1N. The van der Waals surface area contributed by atoms with Crippen molar-refractivity contribution < 1.29 is 9.53 Å². The van der Waals surface area contributed by atoms with Gasteiger partial charge in [0.15, 0.2) is 0 Å². The largest absolute Gasteiger partial charge is 0.495 e. The molecule has 0 atom stereocenters. The summed E-state index contributed by atoms with van der Waals surface area (Å²) < 4.78 is 5.09. The van der Waals surface area contributed by atoms with Crippen LogP contribution >= 0.6 is 11.8 Å². The minimum Gasteiger partial charge on any atom is -0.495 e. The third kappa shape index (κ3) is 2.90. The molecular formula is C13H18N2O2S. The number of ether oxygens (including phenoxy) is 1. The van der Waals surface area contributed by atoms with Crippen LogP contribution in [-0.2, 0) is 0 Å². The first kappa shape index (κ1) is 13.1. The summed E-state index contributed by atoms with van der Waals surface area (Å²) in [6, 6.07) is 5.21. The van der Waals surface area contributed by atoms with Crippen LogP contribution in [0.25, 0.3) is 0 Å². The molecule has 98 valence electrons. The fourth-order valence-electron chi connectivity index (χ4n) is 2.00. The Morgan fingerprint density at radius 3 is 2.94 bits per heavy atom. The van der Waals surface area contributed by atoms with Gasteiger partial charge in [0, 0.05) is 24.4 Å². The molecular weight excluding hydrogens is 248 g/mol. The number of hydrogen-bond donors (Lipinski definition) is 1. The molecule has 0 bridgehead atoms. The van der Waals surface area contributed by atoms with Crippen molar-refractivity contribution in [3.63, 3.8) is 0 Å². The molecule has 1 amide bonds. The van der Waals surface area contributed by atoms with E-state index in [2.05, 4.69) is 0 Å². The molecule has 0 unspecified atom stereocenters. The minimum absolute atomic E-state index is 0.0619. The molecule has 1 aromatic carbocycles. The summed E-state index contributed by atoms with van der Waals surface area (Å²) in [5.74, 6) is 2.82. The molecule has 2 rings (SSSR count). The highest BCUT2D eigenvalue weighted by atomic mass is 32.2. The fraction of sp³-hybridized carbons (Fsp3) is 0.462. The first-order valence-electron chi connectivity index (χ1n) is 6.03. The summed E-state index contributed by atoms with van der Waals surface area (Å²) in [6.45, 7) is 1.65. The summed E-state index contributed by atoms with van der Waals surface area (Å²) in [7, 11) is 1.57. The highest BCUT2D eigenvalue weighted by Crippen LogP contribution is 2.23. The minimum atomic E-state index is 0.0619. The van der Waals surface area contributed by atoms with E-state index in [9.17, 15) is 4.79 Å². The number of carbonyl (C=O) groups is 1. The van der Waals surface area contributed by atoms with Crippen molar-refractivity contribution >= 4 is 23.4 Å². The topological polar surface area (TPSA) is 55.6 Å². The van der Waals surface area contributed by atoms with Gasteiger partial charge in [-0.1, -0.05) is 0 Å². The quantitative estimate of drug-likeness (QED) is 0.830. The van der Waals surface area contributed by atoms with E-state index in [0.717, 1.165) is 31.0 Å². The zero-order valence-corrected chi connectivity index (χ0v) is 11.3. The number of carbonyl (C=O) groups excluding carboxylic acids is 1. The molecule has 5 heteroatoms. The molecule has 0 saturated carbocycles. The molecule has 0 spiro atoms. The number of nitrogens with two attached hydrogens (primary N) is 1. The number of benzene rings is 1. The second-order valence-corrected chi connectivity index (χ2v) is 5.44. The maximum Gasteiger partial charge on any atom is 0.253 e. The summed E-state index contributed by atoms with van der Waals surface area (Å²) in [4.78, 5) is 14.2. The lowest BCUT2D eigenvalue weighted by Crippen LogP contribution is -2.32. The van der Waals surface area contributed by atoms with Gasteiger partial charge >= 0.3 is 0 Å². The Labute approximate surface area is 111 Å². The van der Waals surface area contributed by atoms with Crippen LogP contribution in [0.4, 0.5) is 5.69 Å². The van der Waals surface area contributed by atoms with Crippen molar-refractivity contribution in [2.45, 2.75) is 6.42 Å². The molecule has 2 N–H and O–H groups in total. The van der Waals surface area contributed by atoms with Crippen molar-refractivity contribution in [1.29, 1.82) is 0 Å². The van der Waals surface area contributed by atoms with Gasteiger partial charge in [0.25, 0.3) is 5.91 Å². The van der Waals surface area contributed by atoms with Crippen LogP contribution in [0.5, 0.6) is 5.75 Å². The van der Waals surface area contributed by atoms with Gasteiger partial charge in [-0.05, 0) is 30.4 Å². The molecule has 1 aliphatic rings. The predicted molar refractivity (Wildman–Crippen MR) is 75.3 cm³/mol. The highest BCUT2D eigenvalue weighted by Gasteiger charge is 2.18. The van der Waals surface area contributed by atoms with E-state index >= 15 is 0 Å². The molecule has 0 radical (unpaired) electrons. The van der Waals surface area contributed by atoms with Crippen molar-refractivity contribution in [3.05, 3.63) is 23.8 Å². The molecule has 18 heavy (non-hydrogen) atoms. The van der Waals surface area contributed by atoms with Crippen LogP contribution in [0.2, 0.25) is 0 Å². The molecule has 1 aromatic rings. The number of methoxy groups -OCH3 is 1. The number of nitrogen functional groups attached to an aromatic ring is 1. The Morgan fingerprint density at radius 2 is 2.22 bits per heavy atom. The fourth-order valence-corrected chi connectivity index (χ4v) is 2.89. The van der Waals surface area contributed by atoms with Crippen LogP contribution in [0.1, 0.15) is 16.8 Å². The third-order valence-corrected chi connectivity index (χ3v) is 4.03. The first-order chi connectivity index (χ1) is 8.72. The van der Waals surface area contributed by atoms with Gasteiger partial charge in [0.1, 0.15) is 5.75 Å². The Kier molecular flexibility index (Phi) is 4.36. The Hall–Kier alpha value is -1.36. The van der Waals surface area contributed by atoms with Crippen molar-refractivity contribution in [2.24, 2.45) is 0 Å². The summed E-state index contributed by atoms with van der Waals surface area (Å²) in [5.41, 5.74) is 6.98. The van der Waals surface area contributed by atoms with E-state index in [1.54, 1.807) is 25.3 Å². The van der Waals surface area contributed by atoms with Crippen molar-refractivity contribution in [2.75, 3.05) is 37.4 Å². The maximum absolute atomic E-state index is 12.3. The number of amides is 1. The number of thioether (sulfide) groups is 1. The first-order valence-corrected chi connectivity index (χ1v) is 7.18. The number of rotatable bonds is 2. The maximum atomic E-state index is 12.3. The average molecular weight is 266 g/mol. The van der Waals surface area contributed by atoms with Crippen LogP contribution in [0.3, 0.4) is 0 Å². The van der Waals surface area contributed by atoms with E-state index in [1.165, 1.54) is 0 Å². The zero-order chi connectivity index (χ0) is 13.0. The third-order valence-electron chi connectivity index (χ3n) is 2.99. The van der Waals surface area contributed by atoms with Gasteiger partial charge < -0.3 is 15.4 Å².